The summed E-state index contributed by atoms with van der Waals surface area (Å²) in [5, 5.41) is 0. The van der Waals surface area contributed by atoms with Crippen molar-refractivity contribution in [1.82, 2.24) is 14.8 Å². The Labute approximate surface area is 102 Å². The quantitative estimate of drug-likeness (QED) is 0.766. The van der Waals surface area contributed by atoms with Gasteiger partial charge in [-0.1, -0.05) is 0 Å². The molecule has 4 heteroatoms. The molecule has 1 aliphatic rings. The van der Waals surface area contributed by atoms with Gasteiger partial charge in [0.2, 0.25) is 5.91 Å². The molecule has 1 fully saturated rings. The number of nitrogens with zero attached hydrogens (tertiary/aromatic N) is 3. The molecule has 2 heterocycles. The van der Waals surface area contributed by atoms with E-state index in [1.54, 1.807) is 6.92 Å². The number of aromatic nitrogens is 1. The maximum absolute atomic E-state index is 11.2. The van der Waals surface area contributed by atoms with E-state index in [2.05, 4.69) is 22.0 Å². The van der Waals surface area contributed by atoms with Crippen LogP contribution in [0.15, 0.2) is 18.3 Å². The minimum absolute atomic E-state index is 0.185. The highest BCUT2D eigenvalue weighted by molar-refractivity contribution is 5.73. The maximum Gasteiger partial charge on any atom is 0.219 e. The van der Waals surface area contributed by atoms with E-state index in [9.17, 15) is 4.79 Å². The zero-order valence-electron chi connectivity index (χ0n) is 10.5. The number of amides is 1. The van der Waals surface area contributed by atoms with Crippen molar-refractivity contribution in [2.24, 2.45) is 0 Å². The average molecular weight is 233 g/mol. The Hall–Kier alpha value is -1.42. The fraction of sp³-hybridized carbons (Fsp3) is 0.538. The van der Waals surface area contributed by atoms with Gasteiger partial charge in [0.25, 0.3) is 0 Å². The first-order valence-corrected chi connectivity index (χ1v) is 6.04. The van der Waals surface area contributed by atoms with Crippen LogP contribution in [0.25, 0.3) is 0 Å². The Kier molecular flexibility index (Phi) is 3.74. The first kappa shape index (κ1) is 12.0. The summed E-state index contributed by atoms with van der Waals surface area (Å²) >= 11 is 0. The third-order valence-electron chi connectivity index (χ3n) is 3.18. The summed E-state index contributed by atoms with van der Waals surface area (Å²) < 4.78 is 0. The first-order valence-electron chi connectivity index (χ1n) is 6.04. The summed E-state index contributed by atoms with van der Waals surface area (Å²) in [6.07, 6.45) is 1.86. The largest absolute Gasteiger partial charge is 0.340 e. The van der Waals surface area contributed by atoms with Gasteiger partial charge in [0.15, 0.2) is 0 Å². The van der Waals surface area contributed by atoms with Gasteiger partial charge >= 0.3 is 0 Å². The molecule has 1 aromatic rings. The van der Waals surface area contributed by atoms with Crippen LogP contribution in [0.5, 0.6) is 0 Å². The Bertz CT molecular complexity index is 397. The molecule has 2 rings (SSSR count). The molecule has 1 aliphatic heterocycles. The third-order valence-corrected chi connectivity index (χ3v) is 3.18. The van der Waals surface area contributed by atoms with Crippen LogP contribution in [0.3, 0.4) is 0 Å². The van der Waals surface area contributed by atoms with Crippen LogP contribution in [0.4, 0.5) is 0 Å². The van der Waals surface area contributed by atoms with Gasteiger partial charge in [-0.05, 0) is 24.6 Å². The van der Waals surface area contributed by atoms with E-state index in [4.69, 9.17) is 0 Å². The van der Waals surface area contributed by atoms with Gasteiger partial charge in [-0.25, -0.2) is 0 Å². The predicted molar refractivity (Wildman–Crippen MR) is 66.5 cm³/mol. The molecule has 0 saturated carbocycles. The van der Waals surface area contributed by atoms with Crippen LogP contribution < -0.4 is 0 Å². The van der Waals surface area contributed by atoms with Crippen LogP contribution in [0.2, 0.25) is 0 Å². The van der Waals surface area contributed by atoms with Gasteiger partial charge in [0, 0.05) is 51.5 Å². The second-order valence-electron chi connectivity index (χ2n) is 4.59. The molecule has 92 valence electrons. The zero-order chi connectivity index (χ0) is 12.3. The molecular formula is C13H19N3O. The maximum atomic E-state index is 11.2. The number of carbonyl (C=O) groups is 1. The fourth-order valence-electron chi connectivity index (χ4n) is 2.18. The summed E-state index contributed by atoms with van der Waals surface area (Å²) in [4.78, 5) is 19.7. The summed E-state index contributed by atoms with van der Waals surface area (Å²) in [6.45, 7) is 8.22. The summed E-state index contributed by atoms with van der Waals surface area (Å²) in [6, 6.07) is 4.18. The Morgan fingerprint density at radius 3 is 2.65 bits per heavy atom. The van der Waals surface area contributed by atoms with Gasteiger partial charge < -0.3 is 4.90 Å². The van der Waals surface area contributed by atoms with Crippen molar-refractivity contribution in [2.45, 2.75) is 20.4 Å². The van der Waals surface area contributed by atoms with Crippen LogP contribution in [0, 0.1) is 6.92 Å². The van der Waals surface area contributed by atoms with Crippen molar-refractivity contribution in [3.63, 3.8) is 0 Å². The standard InChI is InChI=1S/C13H19N3O/c1-11-9-13(3-4-14-11)10-15-5-7-16(8-6-15)12(2)17/h3-4,9H,5-8,10H2,1-2H3. The van der Waals surface area contributed by atoms with Crippen LogP contribution in [0.1, 0.15) is 18.2 Å². The first-order chi connectivity index (χ1) is 8.15. The average Bonchev–Trinajstić information content (AvgIpc) is 2.29. The molecule has 0 bridgehead atoms. The molecule has 1 amide bonds. The molecule has 0 atom stereocenters. The van der Waals surface area contributed by atoms with Crippen molar-refractivity contribution in [3.05, 3.63) is 29.6 Å². The van der Waals surface area contributed by atoms with Crippen molar-refractivity contribution >= 4 is 5.91 Å². The SMILES string of the molecule is CC(=O)N1CCN(Cc2ccnc(C)c2)CC1. The summed E-state index contributed by atoms with van der Waals surface area (Å²) in [7, 11) is 0. The van der Waals surface area contributed by atoms with Crippen molar-refractivity contribution in [2.75, 3.05) is 26.2 Å². The van der Waals surface area contributed by atoms with Crippen LogP contribution >= 0.6 is 0 Å². The molecule has 0 N–H and O–H groups in total. The minimum atomic E-state index is 0.185. The number of piperazine rings is 1. The molecule has 1 aromatic heterocycles. The van der Waals surface area contributed by atoms with Gasteiger partial charge in [0.05, 0.1) is 0 Å². The Balaban J connectivity index is 1.88. The van der Waals surface area contributed by atoms with E-state index in [0.29, 0.717) is 0 Å². The Morgan fingerprint density at radius 1 is 1.35 bits per heavy atom. The number of carbonyl (C=O) groups excluding carboxylic acids is 1. The molecule has 17 heavy (non-hydrogen) atoms. The molecule has 0 radical (unpaired) electrons. The number of hydrogen-bond acceptors (Lipinski definition) is 3. The van der Waals surface area contributed by atoms with Gasteiger partial charge in [0.1, 0.15) is 0 Å². The van der Waals surface area contributed by atoms with E-state index in [1.807, 2.05) is 18.0 Å². The number of hydrogen-bond donors (Lipinski definition) is 0. The summed E-state index contributed by atoms with van der Waals surface area (Å²) in [5.74, 6) is 0.185. The normalized spacial score (nSPS) is 17.2. The predicted octanol–water partition coefficient (Wildman–Crippen LogP) is 1.05. The second kappa shape index (κ2) is 5.27. The van der Waals surface area contributed by atoms with Crippen molar-refractivity contribution in [3.8, 4) is 0 Å². The molecule has 4 nitrogen and oxygen atoms in total. The van der Waals surface area contributed by atoms with Gasteiger partial charge in [-0.2, -0.15) is 0 Å². The fourth-order valence-corrected chi connectivity index (χ4v) is 2.18. The van der Waals surface area contributed by atoms with E-state index < -0.39 is 0 Å². The Morgan fingerprint density at radius 2 is 2.06 bits per heavy atom. The van der Waals surface area contributed by atoms with Gasteiger partial charge in [-0.3, -0.25) is 14.7 Å². The molecular weight excluding hydrogens is 214 g/mol. The monoisotopic (exact) mass is 233 g/mol. The lowest BCUT2D eigenvalue weighted by atomic mass is 10.2. The molecule has 1 saturated heterocycles. The van der Waals surface area contributed by atoms with Crippen LogP contribution in [-0.4, -0.2) is 46.9 Å². The highest BCUT2D eigenvalue weighted by Crippen LogP contribution is 2.09. The molecule has 0 spiro atoms. The number of aryl methyl sites for hydroxylation is 1. The van der Waals surface area contributed by atoms with Crippen molar-refractivity contribution in [1.29, 1.82) is 0 Å². The van der Waals surface area contributed by atoms with Crippen LogP contribution in [-0.2, 0) is 11.3 Å². The third kappa shape index (κ3) is 3.27. The van der Waals surface area contributed by atoms with E-state index in [-0.39, 0.29) is 5.91 Å². The van der Waals surface area contributed by atoms with E-state index in [1.165, 1.54) is 5.56 Å². The smallest absolute Gasteiger partial charge is 0.219 e. The lowest BCUT2D eigenvalue weighted by molar-refractivity contribution is -0.130. The lowest BCUT2D eigenvalue weighted by Crippen LogP contribution is -2.47. The topological polar surface area (TPSA) is 36.4 Å². The van der Waals surface area contributed by atoms with E-state index in [0.717, 1.165) is 38.4 Å². The zero-order valence-corrected chi connectivity index (χ0v) is 10.5. The lowest BCUT2D eigenvalue weighted by Gasteiger charge is -2.34. The second-order valence-corrected chi connectivity index (χ2v) is 4.59. The summed E-state index contributed by atoms with van der Waals surface area (Å²) in [5.41, 5.74) is 2.36. The highest BCUT2D eigenvalue weighted by atomic mass is 16.2. The number of rotatable bonds is 2. The van der Waals surface area contributed by atoms with E-state index >= 15 is 0 Å². The minimum Gasteiger partial charge on any atom is -0.340 e. The van der Waals surface area contributed by atoms with Gasteiger partial charge in [-0.15, -0.1) is 0 Å². The molecule has 0 aromatic carbocycles. The molecule has 0 unspecified atom stereocenters. The molecule has 0 aliphatic carbocycles. The number of pyridine rings is 1. The van der Waals surface area contributed by atoms with Crippen molar-refractivity contribution < 1.29 is 4.79 Å². The highest BCUT2D eigenvalue weighted by Gasteiger charge is 2.18.